The number of benzene rings is 1. The first kappa shape index (κ1) is 23.1. The summed E-state index contributed by atoms with van der Waals surface area (Å²) in [5, 5.41) is 5.91. The number of piperidine rings is 1. The summed E-state index contributed by atoms with van der Waals surface area (Å²) in [5.41, 5.74) is 1.54. The number of sulfonamides is 1. The van der Waals surface area contributed by atoms with Crippen LogP contribution in [0.5, 0.6) is 0 Å². The standard InChI is InChI=1S/C20H31ClN4O4S/c1-15-13-25(14-16(2)29-15)30(27,28)11-8-22-20(26)23-17-6-7-19(18(21)12-17)24-9-4-3-5-10-24/h6-7,12,15-16H,3-5,8-11,13-14H2,1-2H3,(H2,22,23,26). The molecule has 2 aliphatic rings. The van der Waals surface area contributed by atoms with Gasteiger partial charge in [-0.2, -0.15) is 4.31 Å². The zero-order chi connectivity index (χ0) is 21.7. The Morgan fingerprint density at radius 2 is 1.83 bits per heavy atom. The van der Waals surface area contributed by atoms with Gasteiger partial charge in [0.1, 0.15) is 0 Å². The van der Waals surface area contributed by atoms with Crippen molar-refractivity contribution < 1.29 is 17.9 Å². The lowest BCUT2D eigenvalue weighted by Crippen LogP contribution is -2.49. The lowest BCUT2D eigenvalue weighted by Gasteiger charge is -2.34. The second kappa shape index (κ2) is 10.2. The van der Waals surface area contributed by atoms with Crippen molar-refractivity contribution in [2.45, 2.75) is 45.3 Å². The fourth-order valence-corrected chi connectivity index (χ4v) is 5.72. The van der Waals surface area contributed by atoms with E-state index in [4.69, 9.17) is 16.3 Å². The van der Waals surface area contributed by atoms with Gasteiger partial charge in [-0.1, -0.05) is 11.6 Å². The maximum absolute atomic E-state index is 12.5. The molecule has 2 aliphatic heterocycles. The van der Waals surface area contributed by atoms with Crippen molar-refractivity contribution in [3.63, 3.8) is 0 Å². The van der Waals surface area contributed by atoms with Crippen molar-refractivity contribution in [1.29, 1.82) is 0 Å². The van der Waals surface area contributed by atoms with Gasteiger partial charge in [0.05, 0.1) is 28.7 Å². The topological polar surface area (TPSA) is 91.0 Å². The number of nitrogens with one attached hydrogen (secondary N) is 2. The highest BCUT2D eigenvalue weighted by Crippen LogP contribution is 2.30. The molecule has 30 heavy (non-hydrogen) atoms. The molecule has 0 spiro atoms. The molecule has 2 atom stereocenters. The molecule has 10 heteroatoms. The fourth-order valence-electron chi connectivity index (χ4n) is 3.93. The van der Waals surface area contributed by atoms with Gasteiger partial charge in [0.15, 0.2) is 0 Å². The van der Waals surface area contributed by atoms with Crippen molar-refractivity contribution in [2.24, 2.45) is 0 Å². The summed E-state index contributed by atoms with van der Waals surface area (Å²) in [5.74, 6) is -0.158. The number of anilines is 2. The summed E-state index contributed by atoms with van der Waals surface area (Å²) in [4.78, 5) is 14.4. The van der Waals surface area contributed by atoms with Crippen LogP contribution in [-0.2, 0) is 14.8 Å². The Bertz CT molecular complexity index is 835. The largest absolute Gasteiger partial charge is 0.373 e. The number of carbonyl (C=O) groups excluding carboxylic acids is 1. The smallest absolute Gasteiger partial charge is 0.319 e. The lowest BCUT2D eigenvalue weighted by atomic mass is 10.1. The molecular formula is C20H31ClN4O4S. The summed E-state index contributed by atoms with van der Waals surface area (Å²) in [6.45, 7) is 6.37. The monoisotopic (exact) mass is 458 g/mol. The molecule has 0 aliphatic carbocycles. The van der Waals surface area contributed by atoms with Crippen LogP contribution in [0.1, 0.15) is 33.1 Å². The van der Waals surface area contributed by atoms with Crippen molar-refractivity contribution in [3.8, 4) is 0 Å². The summed E-state index contributed by atoms with van der Waals surface area (Å²) in [7, 11) is -3.46. The van der Waals surface area contributed by atoms with Crippen LogP contribution in [-0.4, -0.2) is 69.4 Å². The minimum Gasteiger partial charge on any atom is -0.373 e. The Balaban J connectivity index is 1.48. The summed E-state index contributed by atoms with van der Waals surface area (Å²) in [6, 6.07) is 4.98. The van der Waals surface area contributed by atoms with Gasteiger partial charge >= 0.3 is 6.03 Å². The summed E-state index contributed by atoms with van der Waals surface area (Å²) >= 11 is 6.41. The first-order valence-electron chi connectivity index (χ1n) is 10.5. The molecule has 1 aromatic carbocycles. The van der Waals surface area contributed by atoms with E-state index in [0.29, 0.717) is 23.8 Å². The molecular weight excluding hydrogens is 428 g/mol. The second-order valence-corrected chi connectivity index (χ2v) is 10.5. The highest BCUT2D eigenvalue weighted by molar-refractivity contribution is 7.89. The predicted molar refractivity (Wildman–Crippen MR) is 120 cm³/mol. The number of morpholine rings is 1. The van der Waals surface area contributed by atoms with Crippen LogP contribution in [0.15, 0.2) is 18.2 Å². The molecule has 0 aromatic heterocycles. The van der Waals surface area contributed by atoms with E-state index in [1.165, 1.54) is 10.7 Å². The number of nitrogens with zero attached hydrogens (tertiary/aromatic N) is 2. The van der Waals surface area contributed by atoms with Gasteiger partial charge in [0.25, 0.3) is 0 Å². The van der Waals surface area contributed by atoms with E-state index in [-0.39, 0.29) is 24.5 Å². The number of ether oxygens (including phenoxy) is 1. The quantitative estimate of drug-likeness (QED) is 0.684. The molecule has 2 heterocycles. The van der Waals surface area contributed by atoms with Crippen molar-refractivity contribution >= 4 is 39.0 Å². The van der Waals surface area contributed by atoms with E-state index < -0.39 is 16.1 Å². The van der Waals surface area contributed by atoms with E-state index >= 15 is 0 Å². The molecule has 3 rings (SSSR count). The first-order chi connectivity index (χ1) is 14.2. The molecule has 168 valence electrons. The molecule has 0 bridgehead atoms. The average Bonchev–Trinajstić information content (AvgIpc) is 2.68. The third-order valence-electron chi connectivity index (χ3n) is 5.33. The third kappa shape index (κ3) is 6.23. The SMILES string of the molecule is CC1CN(S(=O)(=O)CCNC(=O)Nc2ccc(N3CCCCC3)c(Cl)c2)CC(C)O1. The van der Waals surface area contributed by atoms with Gasteiger partial charge in [-0.3, -0.25) is 0 Å². The van der Waals surface area contributed by atoms with Gasteiger partial charge < -0.3 is 20.3 Å². The maximum Gasteiger partial charge on any atom is 0.319 e. The zero-order valence-corrected chi connectivity index (χ0v) is 19.1. The van der Waals surface area contributed by atoms with E-state index in [9.17, 15) is 13.2 Å². The van der Waals surface area contributed by atoms with Crippen LogP contribution in [0.4, 0.5) is 16.2 Å². The van der Waals surface area contributed by atoms with Crippen LogP contribution in [0, 0.1) is 0 Å². The molecule has 0 radical (unpaired) electrons. The molecule has 2 saturated heterocycles. The van der Waals surface area contributed by atoms with E-state index in [0.717, 1.165) is 31.6 Å². The van der Waals surface area contributed by atoms with Crippen LogP contribution < -0.4 is 15.5 Å². The predicted octanol–water partition coefficient (Wildman–Crippen LogP) is 2.89. The molecule has 8 nitrogen and oxygen atoms in total. The van der Waals surface area contributed by atoms with Crippen LogP contribution >= 0.6 is 11.6 Å². The first-order valence-corrected chi connectivity index (χ1v) is 12.5. The molecule has 2 amide bonds. The van der Waals surface area contributed by atoms with Crippen LogP contribution in [0.2, 0.25) is 5.02 Å². The highest BCUT2D eigenvalue weighted by atomic mass is 35.5. The summed E-state index contributed by atoms with van der Waals surface area (Å²) < 4.78 is 32.1. The van der Waals surface area contributed by atoms with Gasteiger partial charge in [-0.25, -0.2) is 13.2 Å². The van der Waals surface area contributed by atoms with Crippen LogP contribution in [0.25, 0.3) is 0 Å². The average molecular weight is 459 g/mol. The van der Waals surface area contributed by atoms with Gasteiger partial charge in [0, 0.05) is 38.4 Å². The Hall–Kier alpha value is -1.55. The van der Waals surface area contributed by atoms with E-state index in [1.54, 1.807) is 6.07 Å². The van der Waals surface area contributed by atoms with Crippen molar-refractivity contribution in [1.82, 2.24) is 9.62 Å². The molecule has 2 unspecified atom stereocenters. The number of halogens is 1. The number of hydrogen-bond donors (Lipinski definition) is 2. The molecule has 1 aromatic rings. The second-order valence-electron chi connectivity index (χ2n) is 7.99. The van der Waals surface area contributed by atoms with Gasteiger partial charge in [-0.05, 0) is 51.3 Å². The highest BCUT2D eigenvalue weighted by Gasteiger charge is 2.30. The third-order valence-corrected chi connectivity index (χ3v) is 7.44. The Labute approximate surface area is 183 Å². The molecule has 0 saturated carbocycles. The van der Waals surface area contributed by atoms with Crippen LogP contribution in [0.3, 0.4) is 0 Å². The van der Waals surface area contributed by atoms with E-state index in [1.807, 2.05) is 26.0 Å². The maximum atomic E-state index is 12.5. The normalized spacial score (nSPS) is 23.2. The Morgan fingerprint density at radius 1 is 1.17 bits per heavy atom. The minimum atomic E-state index is -3.46. The number of carbonyl (C=O) groups is 1. The minimum absolute atomic E-state index is 0.0217. The number of urea groups is 1. The van der Waals surface area contributed by atoms with Gasteiger partial charge in [0.2, 0.25) is 10.0 Å². The van der Waals surface area contributed by atoms with E-state index in [2.05, 4.69) is 15.5 Å². The molecule has 2 fully saturated rings. The zero-order valence-electron chi connectivity index (χ0n) is 17.6. The summed E-state index contributed by atoms with van der Waals surface area (Å²) in [6.07, 6.45) is 3.27. The number of amides is 2. The lowest BCUT2D eigenvalue weighted by molar-refractivity contribution is -0.0440. The van der Waals surface area contributed by atoms with Gasteiger partial charge in [-0.15, -0.1) is 0 Å². The fraction of sp³-hybridized carbons (Fsp3) is 0.650. The Morgan fingerprint density at radius 3 is 2.47 bits per heavy atom. The number of hydrogen-bond acceptors (Lipinski definition) is 5. The van der Waals surface area contributed by atoms with Crippen molar-refractivity contribution in [3.05, 3.63) is 23.2 Å². The molecule has 2 N–H and O–H groups in total. The number of rotatable bonds is 6. The Kier molecular flexibility index (Phi) is 7.84. The van der Waals surface area contributed by atoms with Crippen molar-refractivity contribution in [2.75, 3.05) is 48.7 Å².